The highest BCUT2D eigenvalue weighted by atomic mass is 19.1. The van der Waals surface area contributed by atoms with Crippen LogP contribution in [0.4, 0.5) is 9.18 Å². The summed E-state index contributed by atoms with van der Waals surface area (Å²) in [4.78, 5) is 15.2. The number of hydrogen-bond acceptors (Lipinski definition) is 5. The monoisotopic (exact) mass is 485 g/mol. The molecular weight excluding hydrogens is 445 g/mol. The van der Waals surface area contributed by atoms with Crippen molar-refractivity contribution in [3.8, 4) is 0 Å². The van der Waals surface area contributed by atoms with E-state index in [0.717, 1.165) is 36.6 Å². The van der Waals surface area contributed by atoms with E-state index in [1.807, 2.05) is 26.8 Å². The van der Waals surface area contributed by atoms with Gasteiger partial charge in [-0.15, -0.1) is 10.2 Å². The number of ether oxygens (including phenoxy) is 1. The lowest BCUT2D eigenvalue weighted by molar-refractivity contribution is 0.0488. The fourth-order valence-corrected chi connectivity index (χ4v) is 5.83. The van der Waals surface area contributed by atoms with E-state index in [9.17, 15) is 9.18 Å². The minimum atomic E-state index is -0.591. The number of nitrogens with one attached hydrogen (secondary N) is 1. The van der Waals surface area contributed by atoms with Gasteiger partial charge < -0.3 is 14.6 Å². The summed E-state index contributed by atoms with van der Waals surface area (Å²) in [6.45, 7) is 12.8. The Morgan fingerprint density at radius 3 is 2.46 bits per heavy atom. The first kappa shape index (κ1) is 25.6. The lowest BCUT2D eigenvalue weighted by Gasteiger charge is -2.40. The van der Waals surface area contributed by atoms with E-state index in [2.05, 4.69) is 45.8 Å². The number of nitrogens with zero attached hydrogens (tertiary/aromatic N) is 4. The maximum Gasteiger partial charge on any atom is 0.408 e. The van der Waals surface area contributed by atoms with Crippen molar-refractivity contribution >= 4 is 6.09 Å². The van der Waals surface area contributed by atoms with E-state index in [4.69, 9.17) is 4.74 Å². The summed E-state index contributed by atoms with van der Waals surface area (Å²) < 4.78 is 21.9. The number of hydrogen-bond donors (Lipinski definition) is 1. The average Bonchev–Trinajstić information content (AvgIpc) is 3.25. The molecule has 3 heterocycles. The molecule has 2 bridgehead atoms. The summed E-state index contributed by atoms with van der Waals surface area (Å²) >= 11 is 0. The molecule has 2 aromatic rings. The van der Waals surface area contributed by atoms with Crippen LogP contribution in [0.5, 0.6) is 0 Å². The van der Waals surface area contributed by atoms with E-state index < -0.39 is 11.7 Å². The van der Waals surface area contributed by atoms with Gasteiger partial charge in [0.05, 0.1) is 6.04 Å². The summed E-state index contributed by atoms with van der Waals surface area (Å²) in [6.07, 6.45) is 4.76. The van der Waals surface area contributed by atoms with Gasteiger partial charge in [0.15, 0.2) is 0 Å². The minimum Gasteiger partial charge on any atom is -0.444 e. The second-order valence-electron chi connectivity index (χ2n) is 11.4. The lowest BCUT2D eigenvalue weighted by atomic mass is 9.95. The first-order valence-corrected chi connectivity index (χ1v) is 12.9. The van der Waals surface area contributed by atoms with Crippen LogP contribution in [0.15, 0.2) is 24.3 Å². The molecule has 2 aliphatic rings. The van der Waals surface area contributed by atoms with Gasteiger partial charge in [-0.25, -0.2) is 9.18 Å². The molecule has 1 aromatic heterocycles. The lowest BCUT2D eigenvalue weighted by Crippen LogP contribution is -2.45. The second kappa shape index (κ2) is 10.2. The largest absolute Gasteiger partial charge is 0.444 e. The number of halogens is 1. The number of aryl methyl sites for hydroxylation is 1. The second-order valence-corrected chi connectivity index (χ2v) is 11.4. The SMILES string of the molecule is Cc1nnc(C(C)C)n1C1C[C@@H]2CC[C@@H](C1)N2CC[C@H](NC(=O)OC(C)(C)C)c1cccc(F)c1. The molecule has 35 heavy (non-hydrogen) atoms. The first-order chi connectivity index (χ1) is 16.5. The van der Waals surface area contributed by atoms with Crippen molar-refractivity contribution in [1.82, 2.24) is 25.0 Å². The van der Waals surface area contributed by atoms with Crippen LogP contribution >= 0.6 is 0 Å². The van der Waals surface area contributed by atoms with Crippen molar-refractivity contribution in [3.05, 3.63) is 47.3 Å². The normalized spacial score (nSPS) is 23.5. The van der Waals surface area contributed by atoms with Crippen molar-refractivity contribution in [2.24, 2.45) is 0 Å². The summed E-state index contributed by atoms with van der Waals surface area (Å²) in [5.74, 6) is 2.12. The summed E-state index contributed by atoms with van der Waals surface area (Å²) in [5.41, 5.74) is 0.173. The van der Waals surface area contributed by atoms with Gasteiger partial charge in [-0.1, -0.05) is 26.0 Å². The van der Waals surface area contributed by atoms with Gasteiger partial charge in [-0.3, -0.25) is 4.90 Å². The summed E-state index contributed by atoms with van der Waals surface area (Å²) in [7, 11) is 0. The Labute approximate surface area is 208 Å². The number of alkyl carbamates (subject to hydrolysis) is 1. The van der Waals surface area contributed by atoms with Gasteiger partial charge in [-0.05, 0) is 77.5 Å². The van der Waals surface area contributed by atoms with Crippen LogP contribution in [-0.2, 0) is 4.74 Å². The van der Waals surface area contributed by atoms with Gasteiger partial charge >= 0.3 is 6.09 Å². The number of benzene rings is 1. The number of carbonyl (C=O) groups is 1. The molecule has 0 saturated carbocycles. The van der Waals surface area contributed by atoms with Gasteiger partial charge in [0, 0.05) is 30.6 Å². The minimum absolute atomic E-state index is 0.301. The fourth-order valence-electron chi connectivity index (χ4n) is 5.83. The number of carbonyl (C=O) groups excluding carboxylic acids is 1. The molecule has 0 radical (unpaired) electrons. The smallest absolute Gasteiger partial charge is 0.408 e. The third kappa shape index (κ3) is 6.02. The van der Waals surface area contributed by atoms with Gasteiger partial charge in [0.2, 0.25) is 0 Å². The molecule has 2 fully saturated rings. The third-order valence-corrected chi connectivity index (χ3v) is 7.25. The van der Waals surface area contributed by atoms with Crippen molar-refractivity contribution in [2.75, 3.05) is 6.54 Å². The van der Waals surface area contributed by atoms with Crippen molar-refractivity contribution in [3.63, 3.8) is 0 Å². The molecule has 192 valence electrons. The zero-order chi connectivity index (χ0) is 25.3. The third-order valence-electron chi connectivity index (χ3n) is 7.25. The number of amides is 1. The average molecular weight is 486 g/mol. The quantitative estimate of drug-likeness (QED) is 0.547. The van der Waals surface area contributed by atoms with Crippen molar-refractivity contribution < 1.29 is 13.9 Å². The van der Waals surface area contributed by atoms with Crippen LogP contribution < -0.4 is 5.32 Å². The molecule has 8 heteroatoms. The number of fused-ring (bicyclic) bond motifs is 2. The maximum atomic E-state index is 14.0. The molecular formula is C27H40FN5O2. The molecule has 7 nitrogen and oxygen atoms in total. The number of rotatable bonds is 7. The van der Waals surface area contributed by atoms with Crippen LogP contribution in [0.2, 0.25) is 0 Å². The molecule has 2 saturated heterocycles. The molecule has 0 aliphatic carbocycles. The molecule has 1 amide bonds. The molecule has 1 aromatic carbocycles. The zero-order valence-corrected chi connectivity index (χ0v) is 21.9. The van der Waals surface area contributed by atoms with Crippen molar-refractivity contribution in [1.29, 1.82) is 0 Å². The highest BCUT2D eigenvalue weighted by molar-refractivity contribution is 5.68. The number of piperidine rings is 1. The molecule has 3 atom stereocenters. The van der Waals surface area contributed by atoms with Crippen LogP contribution in [0.3, 0.4) is 0 Å². The first-order valence-electron chi connectivity index (χ1n) is 12.9. The zero-order valence-electron chi connectivity index (χ0n) is 21.9. The highest BCUT2D eigenvalue weighted by Crippen LogP contribution is 2.42. The van der Waals surface area contributed by atoms with Crippen molar-refractivity contribution in [2.45, 2.75) is 109 Å². The van der Waals surface area contributed by atoms with Gasteiger partial charge in [-0.2, -0.15) is 0 Å². The van der Waals surface area contributed by atoms with Crippen LogP contribution in [0, 0.1) is 12.7 Å². The van der Waals surface area contributed by atoms with E-state index in [1.54, 1.807) is 6.07 Å². The van der Waals surface area contributed by atoms with Crippen LogP contribution in [-0.4, -0.2) is 50.0 Å². The van der Waals surface area contributed by atoms with Gasteiger partial charge in [0.1, 0.15) is 23.1 Å². The summed E-state index contributed by atoms with van der Waals surface area (Å²) in [5, 5.41) is 11.8. The Bertz CT molecular complexity index is 1020. The Balaban J connectivity index is 1.45. The Kier molecular flexibility index (Phi) is 7.50. The predicted molar refractivity (Wildman–Crippen MR) is 134 cm³/mol. The maximum absolute atomic E-state index is 14.0. The van der Waals surface area contributed by atoms with E-state index in [0.29, 0.717) is 30.5 Å². The fraction of sp³-hybridized carbons (Fsp3) is 0.667. The molecule has 2 aliphatic heterocycles. The van der Waals surface area contributed by atoms with E-state index in [1.165, 1.54) is 25.0 Å². The molecule has 0 spiro atoms. The van der Waals surface area contributed by atoms with E-state index in [-0.39, 0.29) is 11.9 Å². The molecule has 0 unspecified atom stereocenters. The predicted octanol–water partition coefficient (Wildman–Crippen LogP) is 5.67. The summed E-state index contributed by atoms with van der Waals surface area (Å²) in [6, 6.07) is 7.60. The molecule has 1 N–H and O–H groups in total. The van der Waals surface area contributed by atoms with Gasteiger partial charge in [0.25, 0.3) is 0 Å². The van der Waals surface area contributed by atoms with Crippen LogP contribution in [0.1, 0.15) is 102 Å². The topological polar surface area (TPSA) is 72.3 Å². The highest BCUT2D eigenvalue weighted by Gasteiger charge is 2.42. The Hall–Kier alpha value is -2.48. The standard InChI is InChI=1S/C27H40FN5O2/c1-17(2)25-31-30-18(3)33(25)23-15-21-10-11-22(16-23)32(21)13-12-24(19-8-7-9-20(28)14-19)29-26(34)35-27(4,5)6/h7-9,14,17,21-24H,10-13,15-16H2,1-6H3,(H,29,34)/t21-,22-,24-/m0/s1. The number of aromatic nitrogens is 3. The van der Waals surface area contributed by atoms with Crippen LogP contribution in [0.25, 0.3) is 0 Å². The van der Waals surface area contributed by atoms with E-state index >= 15 is 0 Å². The molecule has 4 rings (SSSR count). The Morgan fingerprint density at radius 2 is 1.86 bits per heavy atom. The Morgan fingerprint density at radius 1 is 1.17 bits per heavy atom.